The van der Waals surface area contributed by atoms with Crippen LogP contribution >= 0.6 is 0 Å². The fraction of sp³-hybridized carbons (Fsp3) is 0.355. The highest BCUT2D eigenvalue weighted by molar-refractivity contribution is 6.00. The Morgan fingerprint density at radius 1 is 1.05 bits per heavy atom. The van der Waals surface area contributed by atoms with Crippen LogP contribution in [0.2, 0.25) is 0 Å². The van der Waals surface area contributed by atoms with E-state index in [0.29, 0.717) is 58.6 Å². The second-order valence-corrected chi connectivity index (χ2v) is 11.2. The van der Waals surface area contributed by atoms with Crippen LogP contribution in [0.15, 0.2) is 54.1 Å². The van der Waals surface area contributed by atoms with E-state index in [2.05, 4.69) is 23.9 Å². The van der Waals surface area contributed by atoms with Crippen molar-refractivity contribution in [3.63, 3.8) is 0 Å². The number of carbonyl (C=O) groups is 1. The van der Waals surface area contributed by atoms with Crippen LogP contribution in [0.1, 0.15) is 60.7 Å². The molecule has 0 bridgehead atoms. The summed E-state index contributed by atoms with van der Waals surface area (Å²) in [6, 6.07) is 11.7. The predicted molar refractivity (Wildman–Crippen MR) is 148 cm³/mol. The number of carbonyl (C=O) groups excluding carboxylic acids is 1. The second-order valence-electron chi connectivity index (χ2n) is 11.2. The summed E-state index contributed by atoms with van der Waals surface area (Å²) in [5.41, 5.74) is 4.61. The molecule has 2 aliphatic rings. The Bertz CT molecular complexity index is 1670. The maximum absolute atomic E-state index is 13.7. The largest absolute Gasteiger partial charge is 0.493 e. The van der Waals surface area contributed by atoms with Crippen molar-refractivity contribution >= 4 is 11.4 Å². The van der Waals surface area contributed by atoms with Crippen LogP contribution in [0.5, 0.6) is 23.1 Å². The minimum atomic E-state index is -0.463. The van der Waals surface area contributed by atoms with Gasteiger partial charge in [-0.15, -0.1) is 5.10 Å². The first kappa shape index (κ1) is 25.9. The van der Waals surface area contributed by atoms with Crippen molar-refractivity contribution in [1.82, 2.24) is 19.6 Å². The molecule has 1 aliphatic carbocycles. The summed E-state index contributed by atoms with van der Waals surface area (Å²) >= 11 is 0. The summed E-state index contributed by atoms with van der Waals surface area (Å²) in [5.74, 6) is 3.16. The van der Waals surface area contributed by atoms with Gasteiger partial charge in [0, 0.05) is 18.4 Å². The molecule has 1 unspecified atom stereocenters. The van der Waals surface area contributed by atoms with Crippen LogP contribution in [0.25, 0.3) is 5.65 Å². The molecule has 0 radical (unpaired) electrons. The molecule has 9 nitrogen and oxygen atoms in total. The van der Waals surface area contributed by atoms with Gasteiger partial charge in [-0.3, -0.25) is 4.79 Å². The van der Waals surface area contributed by atoms with Crippen molar-refractivity contribution in [2.45, 2.75) is 53.1 Å². The number of ether oxygens (including phenoxy) is 4. The number of hydrogen-bond donors (Lipinski definition) is 0. The molecule has 6 rings (SSSR count). The van der Waals surface area contributed by atoms with Crippen LogP contribution in [0.3, 0.4) is 0 Å². The number of Topliss-reactive ketones (excluding diaryl/α,β-unsaturated/α-hetero) is 1. The van der Waals surface area contributed by atoms with Crippen molar-refractivity contribution in [1.29, 1.82) is 0 Å². The van der Waals surface area contributed by atoms with Crippen molar-refractivity contribution in [3.8, 4) is 23.1 Å². The number of methoxy groups -OCH3 is 2. The molecular formula is C31H32N4O5. The minimum absolute atomic E-state index is 0.0526. The molecule has 1 atom stereocenters. The van der Waals surface area contributed by atoms with Crippen molar-refractivity contribution < 1.29 is 23.7 Å². The third kappa shape index (κ3) is 4.35. The van der Waals surface area contributed by atoms with Gasteiger partial charge in [0.25, 0.3) is 0 Å². The highest BCUT2D eigenvalue weighted by Crippen LogP contribution is 2.51. The van der Waals surface area contributed by atoms with Gasteiger partial charge in [0.2, 0.25) is 5.88 Å². The van der Waals surface area contributed by atoms with Crippen LogP contribution in [-0.2, 0) is 11.4 Å². The highest BCUT2D eigenvalue weighted by atomic mass is 16.5. The molecular weight excluding hydrogens is 508 g/mol. The van der Waals surface area contributed by atoms with E-state index in [-0.39, 0.29) is 17.8 Å². The number of allylic oxidation sites excluding steroid dienone is 2. The van der Waals surface area contributed by atoms with E-state index in [1.807, 2.05) is 50.2 Å². The Kier molecular flexibility index (Phi) is 6.24. The van der Waals surface area contributed by atoms with Crippen molar-refractivity contribution in [2.75, 3.05) is 14.2 Å². The lowest BCUT2D eigenvalue weighted by molar-refractivity contribution is -0.118. The monoisotopic (exact) mass is 540 g/mol. The Morgan fingerprint density at radius 2 is 1.80 bits per heavy atom. The molecule has 0 saturated heterocycles. The Labute approximate surface area is 232 Å². The first-order chi connectivity index (χ1) is 19.2. The zero-order valence-corrected chi connectivity index (χ0v) is 23.6. The van der Waals surface area contributed by atoms with E-state index < -0.39 is 5.92 Å². The maximum atomic E-state index is 13.7. The van der Waals surface area contributed by atoms with Gasteiger partial charge in [-0.05, 0) is 48.1 Å². The molecule has 0 amide bonds. The molecule has 4 aromatic rings. The van der Waals surface area contributed by atoms with Gasteiger partial charge in [-0.25, -0.2) is 14.5 Å². The first-order valence-corrected chi connectivity index (χ1v) is 13.3. The Hall–Kier alpha value is -4.40. The topological polar surface area (TPSA) is 97.1 Å². The van der Waals surface area contributed by atoms with Crippen LogP contribution < -0.4 is 18.9 Å². The molecule has 40 heavy (non-hydrogen) atoms. The van der Waals surface area contributed by atoms with Crippen molar-refractivity contribution in [3.05, 3.63) is 82.1 Å². The summed E-state index contributed by atoms with van der Waals surface area (Å²) in [7, 11) is 3.19. The van der Waals surface area contributed by atoms with Crippen molar-refractivity contribution in [2.24, 2.45) is 5.41 Å². The molecule has 3 heterocycles. The smallest absolute Gasteiger partial charge is 0.228 e. The third-order valence-corrected chi connectivity index (χ3v) is 7.60. The molecule has 0 fully saturated rings. The lowest BCUT2D eigenvalue weighted by atomic mass is 9.70. The lowest BCUT2D eigenvalue weighted by Crippen LogP contribution is -2.33. The van der Waals surface area contributed by atoms with Gasteiger partial charge in [0.05, 0.1) is 25.7 Å². The van der Waals surface area contributed by atoms with E-state index in [9.17, 15) is 4.79 Å². The number of para-hydroxylation sites is 1. The number of benzene rings is 2. The molecule has 1 aliphatic heterocycles. The van der Waals surface area contributed by atoms with Gasteiger partial charge in [0.15, 0.2) is 28.8 Å². The SMILES string of the molecule is COc1ccc(C2C3=C(CC(C)(C)CC3=O)Oc3ncn4nc(COc5c(C)cccc5C)nc4c32)cc1OC. The normalized spacial score (nSPS) is 17.8. The number of rotatable bonds is 6. The number of fused-ring (bicyclic) bond motifs is 3. The van der Waals surface area contributed by atoms with Crippen LogP contribution in [-0.4, -0.2) is 39.6 Å². The average molecular weight is 541 g/mol. The molecule has 2 aromatic carbocycles. The maximum Gasteiger partial charge on any atom is 0.228 e. The van der Waals surface area contributed by atoms with Crippen LogP contribution in [0.4, 0.5) is 0 Å². The summed E-state index contributed by atoms with van der Waals surface area (Å²) in [4.78, 5) is 23.2. The van der Waals surface area contributed by atoms with Gasteiger partial charge >= 0.3 is 0 Å². The summed E-state index contributed by atoms with van der Waals surface area (Å²) in [6.07, 6.45) is 2.65. The van der Waals surface area contributed by atoms with Gasteiger partial charge < -0.3 is 18.9 Å². The standard InChI is InChI=1S/C31H32N4O5/c1-17-8-7-9-18(2)28(17)39-15-24-33-29-27-25(19-10-11-21(37-5)22(12-19)38-6)26-20(36)13-31(3,4)14-23(26)40-30(27)32-16-35(29)34-24/h7-12,16,25H,13-15H2,1-6H3. The zero-order valence-electron chi connectivity index (χ0n) is 23.6. The fourth-order valence-corrected chi connectivity index (χ4v) is 5.78. The number of ketones is 1. The Balaban J connectivity index is 1.49. The molecule has 0 N–H and O–H groups in total. The van der Waals surface area contributed by atoms with E-state index in [1.165, 1.54) is 0 Å². The highest BCUT2D eigenvalue weighted by Gasteiger charge is 2.44. The van der Waals surface area contributed by atoms with Gasteiger partial charge in [-0.2, -0.15) is 0 Å². The Morgan fingerprint density at radius 3 is 2.52 bits per heavy atom. The van der Waals surface area contributed by atoms with E-state index in [1.54, 1.807) is 25.1 Å². The lowest BCUT2D eigenvalue weighted by Gasteiger charge is -2.37. The summed E-state index contributed by atoms with van der Waals surface area (Å²) < 4.78 is 25.2. The van der Waals surface area contributed by atoms with Gasteiger partial charge in [0.1, 0.15) is 24.4 Å². The van der Waals surface area contributed by atoms with E-state index >= 15 is 0 Å². The predicted octanol–water partition coefficient (Wildman–Crippen LogP) is 5.50. The average Bonchev–Trinajstić information content (AvgIpc) is 3.34. The molecule has 0 spiro atoms. The second kappa shape index (κ2) is 9.66. The van der Waals surface area contributed by atoms with Gasteiger partial charge in [-0.1, -0.05) is 38.1 Å². The number of aromatic nitrogens is 4. The van der Waals surface area contributed by atoms with E-state index in [4.69, 9.17) is 23.9 Å². The molecule has 2 aromatic heterocycles. The fourth-order valence-electron chi connectivity index (χ4n) is 5.78. The summed E-state index contributed by atoms with van der Waals surface area (Å²) in [5, 5.41) is 4.65. The molecule has 206 valence electrons. The zero-order chi connectivity index (χ0) is 28.2. The first-order valence-electron chi connectivity index (χ1n) is 13.3. The molecule has 0 saturated carbocycles. The number of nitrogens with zero attached hydrogens (tertiary/aromatic N) is 4. The number of aryl methyl sites for hydroxylation is 2. The number of hydrogen-bond acceptors (Lipinski definition) is 8. The van der Waals surface area contributed by atoms with E-state index in [0.717, 1.165) is 22.4 Å². The minimum Gasteiger partial charge on any atom is -0.493 e. The summed E-state index contributed by atoms with van der Waals surface area (Å²) in [6.45, 7) is 8.37. The molecule has 9 heteroatoms. The quantitative estimate of drug-likeness (QED) is 0.316. The third-order valence-electron chi connectivity index (χ3n) is 7.60. The van der Waals surface area contributed by atoms with Crippen LogP contribution in [0, 0.1) is 19.3 Å².